The zero-order chi connectivity index (χ0) is 16.4. The van der Waals surface area contributed by atoms with E-state index in [4.69, 9.17) is 9.47 Å². The Morgan fingerprint density at radius 1 is 1.48 bits per heavy atom. The average Bonchev–Trinajstić information content (AvgIpc) is 2.81. The van der Waals surface area contributed by atoms with Crippen LogP contribution in [0.1, 0.15) is 31.9 Å². The maximum atomic E-state index is 12.3. The summed E-state index contributed by atoms with van der Waals surface area (Å²) in [6.07, 6.45) is 1.11. The Labute approximate surface area is 137 Å². The van der Waals surface area contributed by atoms with Gasteiger partial charge in [-0.3, -0.25) is 4.79 Å². The van der Waals surface area contributed by atoms with E-state index in [9.17, 15) is 4.79 Å². The molecule has 5 nitrogen and oxygen atoms in total. The highest BCUT2D eigenvalue weighted by Gasteiger charge is 2.29. The van der Waals surface area contributed by atoms with E-state index in [1.165, 1.54) is 5.56 Å². The van der Waals surface area contributed by atoms with Crippen molar-refractivity contribution in [3.63, 3.8) is 0 Å². The molecule has 1 saturated heterocycles. The number of nitrogens with one attached hydrogen (secondary N) is 2. The number of hydrogen-bond acceptors (Lipinski definition) is 4. The molecule has 23 heavy (non-hydrogen) atoms. The van der Waals surface area contributed by atoms with E-state index >= 15 is 0 Å². The molecule has 2 unspecified atom stereocenters. The first-order valence-electron chi connectivity index (χ1n) is 8.52. The van der Waals surface area contributed by atoms with Crippen molar-refractivity contribution in [2.24, 2.45) is 11.8 Å². The molecule has 2 atom stereocenters. The lowest BCUT2D eigenvalue weighted by Crippen LogP contribution is -2.49. The number of carbonyl (C=O) groups excluding carboxylic acids is 1. The van der Waals surface area contributed by atoms with Crippen LogP contribution in [0.25, 0.3) is 0 Å². The lowest BCUT2D eigenvalue weighted by atomic mass is 9.88. The third-order valence-corrected chi connectivity index (χ3v) is 4.77. The molecular formula is C18H26N2O3. The smallest absolute Gasteiger partial charge is 0.223 e. The molecular weight excluding hydrogens is 292 g/mol. The maximum absolute atomic E-state index is 12.3. The average molecular weight is 318 g/mol. The van der Waals surface area contributed by atoms with Crippen LogP contribution in [0.2, 0.25) is 0 Å². The molecule has 0 aliphatic carbocycles. The van der Waals surface area contributed by atoms with Gasteiger partial charge in [0.05, 0.1) is 6.61 Å². The number of benzene rings is 1. The van der Waals surface area contributed by atoms with Crippen molar-refractivity contribution in [3.8, 4) is 11.5 Å². The number of amides is 1. The second kappa shape index (κ2) is 6.79. The molecule has 0 bridgehead atoms. The molecule has 1 fully saturated rings. The van der Waals surface area contributed by atoms with Gasteiger partial charge in [-0.2, -0.15) is 0 Å². The van der Waals surface area contributed by atoms with Crippen LogP contribution in [-0.4, -0.2) is 31.7 Å². The van der Waals surface area contributed by atoms with Gasteiger partial charge in [-0.25, -0.2) is 0 Å². The predicted molar refractivity (Wildman–Crippen MR) is 88.8 cm³/mol. The van der Waals surface area contributed by atoms with Gasteiger partial charge in [0.1, 0.15) is 17.6 Å². The molecule has 0 spiro atoms. The second-order valence-corrected chi connectivity index (χ2v) is 6.56. The highest BCUT2D eigenvalue weighted by Crippen LogP contribution is 2.35. The van der Waals surface area contributed by atoms with Crippen LogP contribution in [0.5, 0.6) is 11.5 Å². The van der Waals surface area contributed by atoms with Crippen LogP contribution in [0.4, 0.5) is 0 Å². The number of fused-ring (bicyclic) bond motifs is 1. The van der Waals surface area contributed by atoms with Crippen LogP contribution in [-0.2, 0) is 17.8 Å². The third kappa shape index (κ3) is 3.44. The molecule has 126 valence electrons. The van der Waals surface area contributed by atoms with Gasteiger partial charge in [0.15, 0.2) is 0 Å². The number of hydrogen-bond donors (Lipinski definition) is 2. The van der Waals surface area contributed by atoms with E-state index in [0.717, 1.165) is 36.6 Å². The fourth-order valence-electron chi connectivity index (χ4n) is 3.13. The molecule has 2 heterocycles. The summed E-state index contributed by atoms with van der Waals surface area (Å²) >= 11 is 0. The molecule has 0 aromatic heterocycles. The van der Waals surface area contributed by atoms with Gasteiger partial charge in [-0.15, -0.1) is 0 Å². The molecule has 1 aromatic carbocycles. The van der Waals surface area contributed by atoms with Gasteiger partial charge in [0.2, 0.25) is 5.91 Å². The Morgan fingerprint density at radius 2 is 2.26 bits per heavy atom. The lowest BCUT2D eigenvalue weighted by Gasteiger charge is -2.31. The van der Waals surface area contributed by atoms with E-state index in [1.54, 1.807) is 0 Å². The van der Waals surface area contributed by atoms with Gasteiger partial charge < -0.3 is 20.1 Å². The van der Waals surface area contributed by atoms with Crippen molar-refractivity contribution in [2.45, 2.75) is 39.8 Å². The van der Waals surface area contributed by atoms with E-state index < -0.39 is 0 Å². The molecule has 5 heteroatoms. The van der Waals surface area contributed by atoms with Crippen molar-refractivity contribution >= 4 is 5.91 Å². The van der Waals surface area contributed by atoms with Gasteiger partial charge in [0, 0.05) is 30.0 Å². The summed E-state index contributed by atoms with van der Waals surface area (Å²) in [5, 5.41) is 6.26. The van der Waals surface area contributed by atoms with Crippen molar-refractivity contribution in [2.75, 3.05) is 19.7 Å². The first-order chi connectivity index (χ1) is 11.1. The zero-order valence-corrected chi connectivity index (χ0v) is 14.1. The highest BCUT2D eigenvalue weighted by atomic mass is 16.5. The van der Waals surface area contributed by atoms with E-state index in [2.05, 4.69) is 23.6 Å². The minimum Gasteiger partial charge on any atom is -0.494 e. The van der Waals surface area contributed by atoms with Gasteiger partial charge in [-0.1, -0.05) is 6.92 Å². The molecule has 3 rings (SSSR count). The Kier molecular flexibility index (Phi) is 4.76. The first kappa shape index (κ1) is 16.1. The SMILES string of the molecule is CCOc1cc2c(cc1CNC(=O)C(C)C1CNC1)OC(C)C2. The number of carbonyl (C=O) groups is 1. The van der Waals surface area contributed by atoms with Gasteiger partial charge in [0.25, 0.3) is 0 Å². The van der Waals surface area contributed by atoms with E-state index in [0.29, 0.717) is 19.1 Å². The van der Waals surface area contributed by atoms with E-state index in [1.807, 2.05) is 19.9 Å². The summed E-state index contributed by atoms with van der Waals surface area (Å²) in [7, 11) is 0. The van der Waals surface area contributed by atoms with Crippen molar-refractivity contribution in [3.05, 3.63) is 23.3 Å². The Morgan fingerprint density at radius 3 is 2.91 bits per heavy atom. The lowest BCUT2D eigenvalue weighted by molar-refractivity contribution is -0.126. The summed E-state index contributed by atoms with van der Waals surface area (Å²) in [6.45, 7) is 8.99. The van der Waals surface area contributed by atoms with Crippen LogP contribution in [0.15, 0.2) is 12.1 Å². The molecule has 0 radical (unpaired) electrons. The number of rotatable bonds is 6. The topological polar surface area (TPSA) is 59.6 Å². The van der Waals surface area contributed by atoms with Gasteiger partial charge >= 0.3 is 0 Å². The third-order valence-electron chi connectivity index (χ3n) is 4.77. The largest absolute Gasteiger partial charge is 0.494 e. The zero-order valence-electron chi connectivity index (χ0n) is 14.1. The molecule has 2 aliphatic heterocycles. The standard InChI is InChI=1S/C18H26N2O3/c1-4-22-16-6-13-5-11(2)23-17(13)7-14(16)10-20-18(21)12(3)15-8-19-9-15/h6-7,11-12,15,19H,4-5,8-10H2,1-3H3,(H,20,21). The highest BCUT2D eigenvalue weighted by molar-refractivity contribution is 5.78. The monoisotopic (exact) mass is 318 g/mol. The maximum Gasteiger partial charge on any atom is 0.223 e. The van der Waals surface area contributed by atoms with E-state index in [-0.39, 0.29) is 17.9 Å². The van der Waals surface area contributed by atoms with Crippen molar-refractivity contribution in [1.82, 2.24) is 10.6 Å². The quantitative estimate of drug-likeness (QED) is 0.841. The number of ether oxygens (including phenoxy) is 2. The van der Waals surface area contributed by atoms with Gasteiger partial charge in [-0.05, 0) is 45.0 Å². The van der Waals surface area contributed by atoms with Crippen LogP contribution in [0, 0.1) is 11.8 Å². The Bertz CT molecular complexity index is 584. The Balaban J connectivity index is 1.68. The molecule has 2 N–H and O–H groups in total. The normalized spacial score (nSPS) is 21.1. The fourth-order valence-corrected chi connectivity index (χ4v) is 3.13. The minimum absolute atomic E-state index is 0.0393. The van der Waals surface area contributed by atoms with Crippen LogP contribution < -0.4 is 20.1 Å². The summed E-state index contributed by atoms with van der Waals surface area (Å²) in [4.78, 5) is 12.3. The summed E-state index contributed by atoms with van der Waals surface area (Å²) in [6, 6.07) is 4.07. The molecule has 2 aliphatic rings. The second-order valence-electron chi connectivity index (χ2n) is 6.56. The van der Waals surface area contributed by atoms with Crippen LogP contribution >= 0.6 is 0 Å². The van der Waals surface area contributed by atoms with Crippen molar-refractivity contribution in [1.29, 1.82) is 0 Å². The van der Waals surface area contributed by atoms with Crippen LogP contribution in [0.3, 0.4) is 0 Å². The Hall–Kier alpha value is -1.75. The molecule has 0 saturated carbocycles. The fraction of sp³-hybridized carbons (Fsp3) is 0.611. The summed E-state index contributed by atoms with van der Waals surface area (Å²) in [5.74, 6) is 2.36. The molecule has 1 amide bonds. The summed E-state index contributed by atoms with van der Waals surface area (Å²) in [5.41, 5.74) is 2.16. The minimum atomic E-state index is 0.0393. The summed E-state index contributed by atoms with van der Waals surface area (Å²) < 4.78 is 11.6. The predicted octanol–water partition coefficient (Wildman–Crippen LogP) is 1.88. The molecule has 1 aromatic rings. The first-order valence-corrected chi connectivity index (χ1v) is 8.52. The van der Waals surface area contributed by atoms with Crippen molar-refractivity contribution < 1.29 is 14.3 Å².